The van der Waals surface area contributed by atoms with E-state index in [2.05, 4.69) is 20.3 Å². The summed E-state index contributed by atoms with van der Waals surface area (Å²) in [7, 11) is 0. The Bertz CT molecular complexity index is 1530. The van der Waals surface area contributed by atoms with E-state index in [9.17, 15) is 14.7 Å². The maximum absolute atomic E-state index is 13.6. The normalized spacial score (nSPS) is 12.2. The van der Waals surface area contributed by atoms with Crippen molar-refractivity contribution < 1.29 is 9.90 Å². The number of benzene rings is 2. The van der Waals surface area contributed by atoms with Gasteiger partial charge in [-0.1, -0.05) is 30.3 Å². The molecule has 5 rings (SSSR count). The average Bonchev–Trinajstić information content (AvgIpc) is 3.29. The molecule has 1 unspecified atom stereocenters. The summed E-state index contributed by atoms with van der Waals surface area (Å²) in [5.74, 6) is -0.576. The number of para-hydroxylation sites is 1. The number of aromatic nitrogens is 4. The van der Waals surface area contributed by atoms with E-state index < -0.39 is 11.5 Å². The van der Waals surface area contributed by atoms with Crippen LogP contribution in [-0.2, 0) is 0 Å². The molecular formula is C23H17N5O3S. The van der Waals surface area contributed by atoms with Crippen LogP contribution in [0.1, 0.15) is 29.0 Å². The molecule has 1 atom stereocenters. The van der Waals surface area contributed by atoms with Crippen LogP contribution in [0.25, 0.3) is 26.8 Å². The van der Waals surface area contributed by atoms with Gasteiger partial charge in [-0.2, -0.15) is 0 Å². The van der Waals surface area contributed by atoms with Gasteiger partial charge in [-0.05, 0) is 36.6 Å². The molecule has 2 aromatic carbocycles. The second kappa shape index (κ2) is 7.86. The summed E-state index contributed by atoms with van der Waals surface area (Å²) in [5.41, 5.74) is 3.26. The van der Waals surface area contributed by atoms with Gasteiger partial charge in [0.2, 0.25) is 0 Å². The zero-order chi connectivity index (χ0) is 22.2. The van der Waals surface area contributed by atoms with Gasteiger partial charge in [0.25, 0.3) is 5.56 Å². The highest BCUT2D eigenvalue weighted by molar-refractivity contribution is 7.16. The quantitative estimate of drug-likeness (QED) is 0.418. The highest BCUT2D eigenvalue weighted by Gasteiger charge is 2.21. The summed E-state index contributed by atoms with van der Waals surface area (Å²) in [6.07, 6.45) is 1.47. The summed E-state index contributed by atoms with van der Waals surface area (Å²) >= 11 is 1.42. The zero-order valence-corrected chi connectivity index (χ0v) is 17.7. The fraction of sp³-hybridized carbons (Fsp3) is 0.0870. The van der Waals surface area contributed by atoms with Crippen LogP contribution >= 0.6 is 11.3 Å². The average molecular weight is 443 g/mol. The molecule has 0 aliphatic carbocycles. The van der Waals surface area contributed by atoms with Crippen LogP contribution in [0.2, 0.25) is 0 Å². The van der Waals surface area contributed by atoms with Crippen molar-refractivity contribution in [3.05, 3.63) is 88.0 Å². The molecule has 0 saturated heterocycles. The topological polar surface area (TPSA) is 110 Å². The van der Waals surface area contributed by atoms with E-state index in [-0.39, 0.29) is 17.0 Å². The van der Waals surface area contributed by atoms with Crippen molar-refractivity contribution >= 4 is 44.2 Å². The third-order valence-corrected chi connectivity index (χ3v) is 5.98. The van der Waals surface area contributed by atoms with E-state index in [1.54, 1.807) is 22.2 Å². The van der Waals surface area contributed by atoms with Crippen LogP contribution in [0.4, 0.5) is 5.82 Å². The van der Waals surface area contributed by atoms with Gasteiger partial charge in [-0.15, -0.1) is 11.3 Å². The number of pyridine rings is 1. The van der Waals surface area contributed by atoms with E-state index in [0.29, 0.717) is 28.1 Å². The maximum atomic E-state index is 13.6. The number of anilines is 1. The number of hydrogen-bond donors (Lipinski definition) is 2. The molecule has 0 saturated carbocycles. The second-order valence-corrected chi connectivity index (χ2v) is 8.05. The first-order chi connectivity index (χ1) is 15.5. The number of nitrogens with one attached hydrogen (secondary N) is 1. The highest BCUT2D eigenvalue weighted by atomic mass is 32.1. The largest absolute Gasteiger partial charge is 0.478 e. The number of aromatic carboxylic acids is 1. The molecule has 32 heavy (non-hydrogen) atoms. The van der Waals surface area contributed by atoms with Gasteiger partial charge < -0.3 is 10.4 Å². The second-order valence-electron chi connectivity index (χ2n) is 7.21. The molecule has 2 N–H and O–H groups in total. The van der Waals surface area contributed by atoms with Gasteiger partial charge in [-0.25, -0.2) is 19.7 Å². The smallest absolute Gasteiger partial charge is 0.336 e. The minimum absolute atomic E-state index is 0.0238. The Morgan fingerprint density at radius 1 is 1.09 bits per heavy atom. The number of nitrogens with zero attached hydrogens (tertiary/aromatic N) is 4. The van der Waals surface area contributed by atoms with Crippen molar-refractivity contribution in [1.29, 1.82) is 0 Å². The Balaban J connectivity index is 1.74. The lowest BCUT2D eigenvalue weighted by Crippen LogP contribution is -2.26. The van der Waals surface area contributed by atoms with Crippen molar-refractivity contribution in [1.82, 2.24) is 19.5 Å². The summed E-state index contributed by atoms with van der Waals surface area (Å²) in [6.45, 7) is 1.92. The third-order valence-electron chi connectivity index (χ3n) is 5.25. The molecule has 0 fully saturated rings. The molecule has 3 aromatic heterocycles. The van der Waals surface area contributed by atoms with E-state index in [1.807, 2.05) is 43.3 Å². The highest BCUT2D eigenvalue weighted by Crippen LogP contribution is 2.28. The number of carbonyl (C=O) groups is 1. The van der Waals surface area contributed by atoms with Crippen LogP contribution in [-0.4, -0.2) is 30.6 Å². The predicted molar refractivity (Wildman–Crippen MR) is 124 cm³/mol. The molecule has 0 amide bonds. The number of thiazole rings is 1. The summed E-state index contributed by atoms with van der Waals surface area (Å²) < 4.78 is 1.55. The summed E-state index contributed by atoms with van der Waals surface area (Å²) in [4.78, 5) is 39.1. The molecule has 3 heterocycles. The van der Waals surface area contributed by atoms with Crippen LogP contribution in [0.3, 0.4) is 0 Å². The van der Waals surface area contributed by atoms with Crippen LogP contribution < -0.4 is 10.9 Å². The molecule has 5 aromatic rings. The Labute approximate surface area is 185 Å². The number of hydrogen-bond acceptors (Lipinski definition) is 7. The van der Waals surface area contributed by atoms with Crippen molar-refractivity contribution in [2.45, 2.75) is 13.0 Å². The van der Waals surface area contributed by atoms with E-state index >= 15 is 0 Å². The number of carboxylic acid groups (broad SMARTS) is 1. The Kier molecular flexibility index (Phi) is 4.87. The van der Waals surface area contributed by atoms with Crippen molar-refractivity contribution in [2.75, 3.05) is 5.32 Å². The predicted octanol–water partition coefficient (Wildman–Crippen LogP) is 4.26. The standard InChI is InChI=1S/C23H17N5O3S/c1-13(27-20-19-21(25-11-24-20)32-12-26-19)17-10-14-6-5-9-16(23(30)31)18(14)22(29)28(17)15-7-3-2-4-8-15/h2-13H,1H3,(H,30,31)(H,24,25,27). The van der Waals surface area contributed by atoms with E-state index in [1.165, 1.54) is 23.7 Å². The zero-order valence-electron chi connectivity index (χ0n) is 16.9. The molecular weight excluding hydrogens is 426 g/mol. The monoisotopic (exact) mass is 443 g/mol. The number of carboxylic acids is 1. The first kappa shape index (κ1) is 19.8. The Morgan fingerprint density at radius 3 is 2.69 bits per heavy atom. The van der Waals surface area contributed by atoms with Crippen molar-refractivity contribution in [3.8, 4) is 5.69 Å². The Hall–Kier alpha value is -4.11. The van der Waals surface area contributed by atoms with Crippen LogP contribution in [0.5, 0.6) is 0 Å². The van der Waals surface area contributed by atoms with Gasteiger partial charge in [0.1, 0.15) is 16.7 Å². The summed E-state index contributed by atoms with van der Waals surface area (Å²) in [5, 5.41) is 13.7. The maximum Gasteiger partial charge on any atom is 0.336 e. The lowest BCUT2D eigenvalue weighted by Gasteiger charge is -2.21. The lowest BCUT2D eigenvalue weighted by molar-refractivity contribution is 0.0699. The summed E-state index contributed by atoms with van der Waals surface area (Å²) in [6, 6.07) is 15.5. The fourth-order valence-corrected chi connectivity index (χ4v) is 4.43. The minimum Gasteiger partial charge on any atom is -0.478 e. The van der Waals surface area contributed by atoms with Gasteiger partial charge >= 0.3 is 5.97 Å². The van der Waals surface area contributed by atoms with Crippen molar-refractivity contribution in [3.63, 3.8) is 0 Å². The van der Waals surface area contributed by atoms with E-state index in [4.69, 9.17) is 0 Å². The Morgan fingerprint density at radius 2 is 1.91 bits per heavy atom. The number of rotatable bonds is 5. The molecule has 0 spiro atoms. The molecule has 0 radical (unpaired) electrons. The van der Waals surface area contributed by atoms with E-state index in [0.717, 1.165) is 4.83 Å². The van der Waals surface area contributed by atoms with Crippen LogP contribution in [0.15, 0.2) is 71.2 Å². The van der Waals surface area contributed by atoms with Gasteiger partial charge in [-0.3, -0.25) is 9.36 Å². The number of fused-ring (bicyclic) bond motifs is 2. The first-order valence-corrected chi connectivity index (χ1v) is 10.7. The van der Waals surface area contributed by atoms with Crippen LogP contribution in [0, 0.1) is 0 Å². The fourth-order valence-electron chi connectivity index (χ4n) is 3.80. The molecule has 0 aliphatic heterocycles. The SMILES string of the molecule is CC(Nc1ncnc2scnc12)c1cc2cccc(C(=O)O)c2c(=O)n1-c1ccccc1. The van der Waals surface area contributed by atoms with Gasteiger partial charge in [0, 0.05) is 11.4 Å². The van der Waals surface area contributed by atoms with Crippen molar-refractivity contribution in [2.24, 2.45) is 0 Å². The third kappa shape index (κ3) is 3.28. The lowest BCUT2D eigenvalue weighted by atomic mass is 10.0. The van der Waals surface area contributed by atoms with Gasteiger partial charge in [0.05, 0.1) is 22.5 Å². The molecule has 8 nitrogen and oxygen atoms in total. The molecule has 0 aliphatic rings. The molecule has 9 heteroatoms. The molecule has 0 bridgehead atoms. The minimum atomic E-state index is -1.14. The molecule has 158 valence electrons. The van der Waals surface area contributed by atoms with Gasteiger partial charge in [0.15, 0.2) is 5.82 Å². The first-order valence-electron chi connectivity index (χ1n) is 9.82.